The average Bonchev–Trinajstić information content (AvgIpc) is 3.05. The zero-order valence-corrected chi connectivity index (χ0v) is 24.3. The van der Waals surface area contributed by atoms with Crippen LogP contribution in [0.5, 0.6) is 0 Å². The Morgan fingerprint density at radius 2 is 0.667 bits per heavy atom. The van der Waals surface area contributed by atoms with Gasteiger partial charge in [0.2, 0.25) is 12.8 Å². The smallest absolute Gasteiger partial charge is 0.209 e. The van der Waals surface area contributed by atoms with E-state index in [1.807, 2.05) is 121 Å². The lowest BCUT2D eigenvalue weighted by atomic mass is 9.86. The number of benzene rings is 4. The second kappa shape index (κ2) is 16.8. The summed E-state index contributed by atoms with van der Waals surface area (Å²) in [7, 11) is 6.75. The number of carbonyl (C=O) groups excluding carboxylic acids is 2. The molecule has 4 rings (SSSR count). The van der Waals surface area contributed by atoms with Gasteiger partial charge in [0, 0.05) is 50.4 Å². The molecule has 0 fully saturated rings. The molecule has 4 aromatic carbocycles. The predicted molar refractivity (Wildman–Crippen MR) is 167 cm³/mol. The maximum absolute atomic E-state index is 11.5. The number of aliphatic hydroxyl groups is 2. The molecule has 0 radical (unpaired) electrons. The SMILES string of the molecule is CN(C)C=O.CN(C)C=O.OC(C#CC#CC(O)(c1ccccc1)c1ccccc1)(c1ccccc1)c1ccccc1. The Hall–Kier alpha value is -5.14. The molecule has 6 heteroatoms. The molecule has 0 unspecified atom stereocenters. The van der Waals surface area contributed by atoms with Gasteiger partial charge < -0.3 is 20.0 Å². The fourth-order valence-electron chi connectivity index (χ4n) is 3.58. The van der Waals surface area contributed by atoms with Crippen molar-refractivity contribution in [2.45, 2.75) is 11.2 Å². The van der Waals surface area contributed by atoms with Crippen LogP contribution in [0.25, 0.3) is 0 Å². The van der Waals surface area contributed by atoms with Gasteiger partial charge in [0.15, 0.2) is 11.2 Å². The van der Waals surface area contributed by atoms with Crippen LogP contribution in [0, 0.1) is 23.7 Å². The third-order valence-electron chi connectivity index (χ3n) is 5.74. The summed E-state index contributed by atoms with van der Waals surface area (Å²) < 4.78 is 0. The first-order valence-corrected chi connectivity index (χ1v) is 13.1. The number of nitrogens with zero attached hydrogens (tertiary/aromatic N) is 2. The van der Waals surface area contributed by atoms with E-state index in [0.29, 0.717) is 22.3 Å². The van der Waals surface area contributed by atoms with Crippen molar-refractivity contribution < 1.29 is 19.8 Å². The second-order valence-electron chi connectivity index (χ2n) is 9.52. The molecule has 0 aliphatic rings. The van der Waals surface area contributed by atoms with Gasteiger partial charge in [0.25, 0.3) is 0 Å². The van der Waals surface area contributed by atoms with E-state index in [1.165, 1.54) is 9.80 Å². The monoisotopic (exact) mass is 560 g/mol. The number of carbonyl (C=O) groups is 2. The normalized spacial score (nSPS) is 9.95. The minimum absolute atomic E-state index is 0.655. The maximum Gasteiger partial charge on any atom is 0.209 e. The molecule has 42 heavy (non-hydrogen) atoms. The van der Waals surface area contributed by atoms with E-state index >= 15 is 0 Å². The van der Waals surface area contributed by atoms with Crippen LogP contribution in [0.3, 0.4) is 0 Å². The zero-order valence-electron chi connectivity index (χ0n) is 24.3. The third kappa shape index (κ3) is 9.80. The molecule has 0 spiro atoms. The molecule has 214 valence electrons. The van der Waals surface area contributed by atoms with Gasteiger partial charge in [-0.1, -0.05) is 121 Å². The molecule has 0 aromatic heterocycles. The zero-order chi connectivity index (χ0) is 30.8. The topological polar surface area (TPSA) is 81.1 Å². The summed E-state index contributed by atoms with van der Waals surface area (Å²) in [6.07, 6.45) is 1.50. The Morgan fingerprint density at radius 3 is 0.833 bits per heavy atom. The highest BCUT2D eigenvalue weighted by Crippen LogP contribution is 2.30. The lowest BCUT2D eigenvalue weighted by Gasteiger charge is -2.23. The molecule has 0 atom stereocenters. The van der Waals surface area contributed by atoms with Crippen LogP contribution in [-0.2, 0) is 20.8 Å². The number of hydrogen-bond donors (Lipinski definition) is 2. The molecular formula is C36H36N2O4. The summed E-state index contributed by atoms with van der Waals surface area (Å²) in [6, 6.07) is 37.1. The van der Waals surface area contributed by atoms with Gasteiger partial charge in [-0.25, -0.2) is 0 Å². The molecule has 2 N–H and O–H groups in total. The first kappa shape index (κ1) is 33.1. The van der Waals surface area contributed by atoms with E-state index in [9.17, 15) is 19.8 Å². The first-order valence-electron chi connectivity index (χ1n) is 13.1. The second-order valence-corrected chi connectivity index (χ2v) is 9.52. The van der Waals surface area contributed by atoms with Crippen LogP contribution in [0.2, 0.25) is 0 Å². The van der Waals surface area contributed by atoms with Gasteiger partial charge in [-0.2, -0.15) is 0 Å². The Kier molecular flexibility index (Phi) is 13.3. The minimum Gasteiger partial charge on any atom is -0.369 e. The molecule has 0 bridgehead atoms. The van der Waals surface area contributed by atoms with Crippen LogP contribution in [-0.4, -0.2) is 61.0 Å². The minimum atomic E-state index is -1.52. The van der Waals surface area contributed by atoms with E-state index in [-0.39, 0.29) is 0 Å². The van der Waals surface area contributed by atoms with Gasteiger partial charge in [0.1, 0.15) is 0 Å². The molecular weight excluding hydrogens is 524 g/mol. The van der Waals surface area contributed by atoms with Crippen molar-refractivity contribution in [3.63, 3.8) is 0 Å². The largest absolute Gasteiger partial charge is 0.369 e. The highest BCUT2D eigenvalue weighted by atomic mass is 16.3. The summed E-state index contributed by atoms with van der Waals surface area (Å²) in [6.45, 7) is 0. The highest BCUT2D eigenvalue weighted by Gasteiger charge is 2.30. The summed E-state index contributed by atoms with van der Waals surface area (Å²) in [4.78, 5) is 21.8. The number of rotatable bonds is 6. The fraction of sp³-hybridized carbons (Fsp3) is 0.167. The van der Waals surface area contributed by atoms with E-state index < -0.39 is 11.2 Å². The van der Waals surface area contributed by atoms with Crippen LogP contribution in [0.15, 0.2) is 121 Å². The van der Waals surface area contributed by atoms with Crippen LogP contribution < -0.4 is 0 Å². The van der Waals surface area contributed by atoms with E-state index in [1.54, 1.807) is 28.2 Å². The lowest BCUT2D eigenvalue weighted by molar-refractivity contribution is -0.116. The Balaban J connectivity index is 0.000000533. The Labute approximate surface area is 248 Å². The number of amides is 2. The molecule has 6 nitrogen and oxygen atoms in total. The van der Waals surface area contributed by atoms with Gasteiger partial charge in [-0.05, 0) is 23.7 Å². The van der Waals surface area contributed by atoms with Crippen molar-refractivity contribution in [1.29, 1.82) is 0 Å². The molecule has 0 aliphatic carbocycles. The van der Waals surface area contributed by atoms with Gasteiger partial charge >= 0.3 is 0 Å². The van der Waals surface area contributed by atoms with E-state index in [2.05, 4.69) is 23.7 Å². The summed E-state index contributed by atoms with van der Waals surface area (Å²) in [5.41, 5.74) is -0.420. The summed E-state index contributed by atoms with van der Waals surface area (Å²) in [5.74, 6) is 11.4. The first-order chi connectivity index (χ1) is 20.2. The van der Waals surface area contributed by atoms with E-state index in [0.717, 1.165) is 12.8 Å². The van der Waals surface area contributed by atoms with Crippen molar-refractivity contribution in [3.8, 4) is 23.7 Å². The van der Waals surface area contributed by atoms with Crippen LogP contribution in [0.4, 0.5) is 0 Å². The van der Waals surface area contributed by atoms with Gasteiger partial charge in [-0.3, -0.25) is 9.59 Å². The molecule has 0 heterocycles. The van der Waals surface area contributed by atoms with Crippen molar-refractivity contribution in [2.24, 2.45) is 0 Å². The Bertz CT molecular complexity index is 1290. The maximum atomic E-state index is 11.5. The molecule has 4 aromatic rings. The van der Waals surface area contributed by atoms with Gasteiger partial charge in [-0.15, -0.1) is 0 Å². The Morgan fingerprint density at radius 1 is 0.476 bits per heavy atom. The molecule has 0 aliphatic heterocycles. The number of hydrogen-bond acceptors (Lipinski definition) is 4. The van der Waals surface area contributed by atoms with Crippen molar-refractivity contribution in [2.75, 3.05) is 28.2 Å². The standard InChI is InChI=1S/C30H22O2.2C3H7NO/c31-29(25-15-5-1-6-16-25,26-17-7-2-8-18-26)23-13-14-24-30(32,27-19-9-3-10-20-27)28-21-11-4-12-22-28;2*1-4(2)3-5/h1-12,15-22,31-32H;2*3H,1-2H3. The summed E-state index contributed by atoms with van der Waals surface area (Å²) in [5, 5.41) is 23.0. The highest BCUT2D eigenvalue weighted by molar-refractivity contribution is 5.50. The predicted octanol–water partition coefficient (Wildman–Crippen LogP) is 4.27. The quantitative estimate of drug-likeness (QED) is 0.273. The molecule has 0 saturated carbocycles. The molecule has 0 saturated heterocycles. The summed E-state index contributed by atoms with van der Waals surface area (Å²) >= 11 is 0. The van der Waals surface area contributed by atoms with E-state index in [4.69, 9.17) is 0 Å². The lowest BCUT2D eigenvalue weighted by Crippen LogP contribution is -2.25. The average molecular weight is 561 g/mol. The van der Waals surface area contributed by atoms with Gasteiger partial charge in [0.05, 0.1) is 0 Å². The molecule has 2 amide bonds. The van der Waals surface area contributed by atoms with Crippen molar-refractivity contribution >= 4 is 12.8 Å². The van der Waals surface area contributed by atoms with Crippen LogP contribution >= 0.6 is 0 Å². The van der Waals surface area contributed by atoms with Crippen molar-refractivity contribution in [3.05, 3.63) is 144 Å². The fourth-order valence-corrected chi connectivity index (χ4v) is 3.58. The third-order valence-corrected chi connectivity index (χ3v) is 5.74. The van der Waals surface area contributed by atoms with Crippen molar-refractivity contribution in [1.82, 2.24) is 9.80 Å². The van der Waals surface area contributed by atoms with Crippen LogP contribution in [0.1, 0.15) is 22.3 Å².